The Balaban J connectivity index is 1.51. The summed E-state index contributed by atoms with van der Waals surface area (Å²) in [4.78, 5) is 20.2. The van der Waals surface area contributed by atoms with E-state index in [1.54, 1.807) is 30.1 Å². The Labute approximate surface area is 137 Å². The lowest BCUT2D eigenvalue weighted by molar-refractivity contribution is -0.118. The first kappa shape index (κ1) is 15.3. The molecule has 0 saturated heterocycles. The predicted octanol–water partition coefficient (Wildman–Crippen LogP) is 1.54. The van der Waals surface area contributed by atoms with Crippen molar-refractivity contribution >= 4 is 23.4 Å². The van der Waals surface area contributed by atoms with E-state index in [-0.39, 0.29) is 11.7 Å². The lowest BCUT2D eigenvalue weighted by Gasteiger charge is -2.06. The summed E-state index contributed by atoms with van der Waals surface area (Å²) in [7, 11) is 1.62. The largest absolute Gasteiger partial charge is 0.497 e. The average Bonchev–Trinajstić information content (AvgIpc) is 3.01. The highest BCUT2D eigenvalue weighted by molar-refractivity contribution is 7.99. The number of nitrogens with zero attached hydrogens (tertiary/aromatic N) is 4. The Morgan fingerprint density at radius 1 is 1.39 bits per heavy atom. The molecule has 0 fully saturated rings. The van der Waals surface area contributed by atoms with Crippen molar-refractivity contribution in [3.63, 3.8) is 0 Å². The van der Waals surface area contributed by atoms with E-state index >= 15 is 0 Å². The summed E-state index contributed by atoms with van der Waals surface area (Å²) in [5.74, 6) is 1.46. The average molecular weight is 329 g/mol. The first-order chi connectivity index (χ1) is 11.2. The number of hydrogen-bond donors (Lipinski definition) is 1. The van der Waals surface area contributed by atoms with Crippen LogP contribution in [-0.2, 0) is 11.3 Å². The van der Waals surface area contributed by atoms with Crippen molar-refractivity contribution in [1.29, 1.82) is 0 Å². The Morgan fingerprint density at radius 2 is 2.30 bits per heavy atom. The zero-order valence-corrected chi connectivity index (χ0v) is 13.3. The third-order valence-corrected chi connectivity index (χ3v) is 3.89. The molecule has 0 aliphatic heterocycles. The van der Waals surface area contributed by atoms with Crippen LogP contribution in [-0.4, -0.2) is 38.4 Å². The molecule has 0 unspecified atom stereocenters. The summed E-state index contributed by atoms with van der Waals surface area (Å²) in [5.41, 5.74) is 0.984. The second kappa shape index (κ2) is 7.10. The van der Waals surface area contributed by atoms with Gasteiger partial charge in [-0.3, -0.25) is 4.79 Å². The van der Waals surface area contributed by atoms with Gasteiger partial charge in [0.05, 0.1) is 12.9 Å². The third-order valence-electron chi connectivity index (χ3n) is 3.05. The van der Waals surface area contributed by atoms with Crippen LogP contribution in [0.5, 0.6) is 5.75 Å². The fourth-order valence-electron chi connectivity index (χ4n) is 1.94. The predicted molar refractivity (Wildman–Crippen MR) is 86.3 cm³/mol. The lowest BCUT2D eigenvalue weighted by atomic mass is 10.2. The maximum atomic E-state index is 11.9. The van der Waals surface area contributed by atoms with Crippen LogP contribution in [0.3, 0.4) is 0 Å². The van der Waals surface area contributed by atoms with Crippen molar-refractivity contribution < 1.29 is 9.53 Å². The molecule has 1 amide bonds. The molecule has 7 nitrogen and oxygen atoms in total. The van der Waals surface area contributed by atoms with Crippen LogP contribution >= 0.6 is 11.8 Å². The smallest absolute Gasteiger partial charge is 0.253 e. The number of hydrogen-bond acceptors (Lipinski definition) is 6. The number of fused-ring (bicyclic) bond motifs is 1. The number of aromatic nitrogens is 4. The molecule has 1 N–H and O–H groups in total. The van der Waals surface area contributed by atoms with Crippen molar-refractivity contribution in [2.75, 3.05) is 12.9 Å². The van der Waals surface area contributed by atoms with Crippen molar-refractivity contribution in [3.8, 4) is 5.75 Å². The lowest BCUT2D eigenvalue weighted by Crippen LogP contribution is -2.24. The van der Waals surface area contributed by atoms with Gasteiger partial charge in [-0.2, -0.15) is 4.98 Å². The van der Waals surface area contributed by atoms with Crippen molar-refractivity contribution in [2.24, 2.45) is 0 Å². The first-order valence-electron chi connectivity index (χ1n) is 6.94. The molecule has 0 radical (unpaired) electrons. The van der Waals surface area contributed by atoms with Gasteiger partial charge in [-0.1, -0.05) is 23.9 Å². The monoisotopic (exact) mass is 329 g/mol. The fraction of sp³-hybridized carbons (Fsp3) is 0.200. The summed E-state index contributed by atoms with van der Waals surface area (Å²) in [6.07, 6.45) is 3.42. The molecule has 0 aliphatic rings. The van der Waals surface area contributed by atoms with Crippen LogP contribution in [0.15, 0.2) is 47.9 Å². The number of methoxy groups -OCH3 is 1. The summed E-state index contributed by atoms with van der Waals surface area (Å²) in [6.45, 7) is 0.455. The molecule has 3 rings (SSSR count). The van der Waals surface area contributed by atoms with Gasteiger partial charge in [-0.15, -0.1) is 5.10 Å². The molecule has 0 atom stereocenters. The molecule has 3 aromatic rings. The van der Waals surface area contributed by atoms with Gasteiger partial charge in [-0.05, 0) is 23.8 Å². The second-order valence-electron chi connectivity index (χ2n) is 4.68. The second-order valence-corrected chi connectivity index (χ2v) is 5.62. The van der Waals surface area contributed by atoms with Crippen LogP contribution in [0.1, 0.15) is 5.56 Å². The molecule has 0 bridgehead atoms. The van der Waals surface area contributed by atoms with Crippen LogP contribution < -0.4 is 10.1 Å². The third kappa shape index (κ3) is 3.98. The van der Waals surface area contributed by atoms with Gasteiger partial charge >= 0.3 is 0 Å². The normalized spacial score (nSPS) is 10.7. The molecule has 8 heteroatoms. The van der Waals surface area contributed by atoms with E-state index in [0.717, 1.165) is 11.3 Å². The van der Waals surface area contributed by atoms with Gasteiger partial charge in [0.2, 0.25) is 11.1 Å². The minimum atomic E-state index is -0.0790. The number of ether oxygens (including phenoxy) is 1. The minimum absolute atomic E-state index is 0.0790. The van der Waals surface area contributed by atoms with E-state index in [4.69, 9.17) is 4.74 Å². The Morgan fingerprint density at radius 3 is 3.13 bits per heavy atom. The molecular formula is C15H15N5O2S. The molecule has 1 aromatic carbocycles. The van der Waals surface area contributed by atoms with E-state index in [9.17, 15) is 4.79 Å². The highest BCUT2D eigenvalue weighted by atomic mass is 32.2. The molecule has 2 heterocycles. The molecular weight excluding hydrogens is 314 g/mol. The van der Waals surface area contributed by atoms with E-state index in [1.165, 1.54) is 11.8 Å². The number of nitrogens with one attached hydrogen (secondary N) is 1. The van der Waals surface area contributed by atoms with Gasteiger partial charge in [-0.25, -0.2) is 9.50 Å². The van der Waals surface area contributed by atoms with Crippen molar-refractivity contribution in [3.05, 3.63) is 48.3 Å². The van der Waals surface area contributed by atoms with Crippen molar-refractivity contribution in [1.82, 2.24) is 24.9 Å². The number of thioether (sulfide) groups is 1. The molecule has 0 aliphatic carbocycles. The zero-order valence-electron chi connectivity index (χ0n) is 12.5. The molecule has 23 heavy (non-hydrogen) atoms. The van der Waals surface area contributed by atoms with E-state index in [1.807, 2.05) is 24.3 Å². The Bertz CT molecular complexity index is 787. The molecule has 118 valence electrons. The van der Waals surface area contributed by atoms with Gasteiger partial charge in [0.15, 0.2) is 0 Å². The molecule has 2 aromatic heterocycles. The van der Waals surface area contributed by atoms with Crippen LogP contribution in [0.25, 0.3) is 5.78 Å². The van der Waals surface area contributed by atoms with E-state index in [0.29, 0.717) is 17.5 Å². The van der Waals surface area contributed by atoms with Gasteiger partial charge in [0, 0.05) is 18.9 Å². The zero-order chi connectivity index (χ0) is 16.1. The van der Waals surface area contributed by atoms with Gasteiger partial charge < -0.3 is 10.1 Å². The standard InChI is InChI=1S/C15H15N5O2S/c1-22-12-5-2-4-11(8-12)9-17-13(21)10-23-15-18-14-16-6-3-7-20(14)19-15/h2-8H,9-10H2,1H3,(H,17,21). The quantitative estimate of drug-likeness (QED) is 0.691. The van der Waals surface area contributed by atoms with Crippen molar-refractivity contribution in [2.45, 2.75) is 11.7 Å². The Hall–Kier alpha value is -2.61. The van der Waals surface area contributed by atoms with Gasteiger partial charge in [0.1, 0.15) is 5.75 Å². The summed E-state index contributed by atoms with van der Waals surface area (Å²) >= 11 is 1.28. The number of carbonyl (C=O) groups excluding carboxylic acids is 1. The van der Waals surface area contributed by atoms with Crippen LogP contribution in [0.2, 0.25) is 0 Å². The fourth-order valence-corrected chi connectivity index (χ4v) is 2.59. The maximum absolute atomic E-state index is 11.9. The highest BCUT2D eigenvalue weighted by Crippen LogP contribution is 2.14. The topological polar surface area (TPSA) is 81.4 Å². The minimum Gasteiger partial charge on any atom is -0.497 e. The van der Waals surface area contributed by atoms with Crippen LogP contribution in [0.4, 0.5) is 0 Å². The SMILES string of the molecule is COc1cccc(CNC(=O)CSc2nc3ncccn3n2)c1. The van der Waals surface area contributed by atoms with E-state index < -0.39 is 0 Å². The first-order valence-corrected chi connectivity index (χ1v) is 7.93. The number of rotatable bonds is 6. The summed E-state index contributed by atoms with van der Waals surface area (Å²) in [5, 5.41) is 7.62. The van der Waals surface area contributed by atoms with E-state index in [2.05, 4.69) is 20.4 Å². The number of benzene rings is 1. The van der Waals surface area contributed by atoms with Crippen LogP contribution in [0, 0.1) is 0 Å². The maximum Gasteiger partial charge on any atom is 0.253 e. The Kier molecular flexibility index (Phi) is 4.72. The number of carbonyl (C=O) groups is 1. The highest BCUT2D eigenvalue weighted by Gasteiger charge is 2.08. The number of amides is 1. The molecule has 0 spiro atoms. The van der Waals surface area contributed by atoms with Gasteiger partial charge in [0.25, 0.3) is 5.78 Å². The summed E-state index contributed by atoms with van der Waals surface area (Å²) < 4.78 is 6.73. The summed E-state index contributed by atoms with van der Waals surface area (Å²) in [6, 6.07) is 9.36. The molecule has 0 saturated carbocycles.